The van der Waals surface area contributed by atoms with Gasteiger partial charge in [-0.3, -0.25) is 9.72 Å². The summed E-state index contributed by atoms with van der Waals surface area (Å²) in [5, 5.41) is 20.3. The first-order valence-electron chi connectivity index (χ1n) is 18.0. The van der Waals surface area contributed by atoms with Crippen LogP contribution in [0, 0.1) is 0 Å². The number of aromatic nitrogens is 5. The number of pyridine rings is 1. The maximum Gasteiger partial charge on any atom is 0.320 e. The molecular formula is C37H51N9O2. The Morgan fingerprint density at radius 2 is 1.71 bits per heavy atom. The standard InChI is InChI=1S/C37H51N9O2/c1-26-12-8-11-21-44(26)36-41-40-33-18-15-27(25-45(33)36)48-31-17-16-30(28-13-6-7-14-29(28)31)38-35(47)39-34-24-32(37(2,3)4)42-46(34)23-22-43-19-9-5-10-20-43/h6-7,13-15,18,24-26,30-31H,5,8-12,16-17,19-23H2,1-4H3,(H2,38,39,47)/t26?,30-,31+/m0/s1. The largest absolute Gasteiger partial charge is 0.484 e. The summed E-state index contributed by atoms with van der Waals surface area (Å²) in [5.41, 5.74) is 3.86. The van der Waals surface area contributed by atoms with E-state index in [1.807, 2.05) is 41.2 Å². The molecule has 2 aliphatic heterocycles. The monoisotopic (exact) mass is 653 g/mol. The molecule has 48 heavy (non-hydrogen) atoms. The Balaban J connectivity index is 1.04. The number of nitrogens with zero attached hydrogens (tertiary/aromatic N) is 7. The number of ether oxygens (including phenoxy) is 1. The van der Waals surface area contributed by atoms with E-state index in [-0.39, 0.29) is 23.6 Å². The van der Waals surface area contributed by atoms with Gasteiger partial charge in [0, 0.05) is 30.6 Å². The minimum absolute atomic E-state index is 0.118. The van der Waals surface area contributed by atoms with Crippen molar-refractivity contribution in [1.82, 2.24) is 34.6 Å². The molecule has 0 bridgehead atoms. The molecule has 5 heterocycles. The van der Waals surface area contributed by atoms with Gasteiger partial charge in [0.15, 0.2) is 5.65 Å². The van der Waals surface area contributed by atoms with Crippen LogP contribution in [0.2, 0.25) is 0 Å². The number of fused-ring (bicyclic) bond motifs is 2. The number of amides is 2. The molecule has 11 heteroatoms. The molecule has 2 saturated heterocycles. The number of hydrogen-bond donors (Lipinski definition) is 2. The molecule has 2 amide bonds. The van der Waals surface area contributed by atoms with Crippen molar-refractivity contribution < 1.29 is 9.53 Å². The summed E-state index contributed by atoms with van der Waals surface area (Å²) in [7, 11) is 0. The maximum absolute atomic E-state index is 13.5. The second kappa shape index (κ2) is 13.8. The van der Waals surface area contributed by atoms with Gasteiger partial charge in [-0.25, -0.2) is 9.48 Å². The van der Waals surface area contributed by atoms with Crippen LogP contribution in [0.5, 0.6) is 5.75 Å². The molecule has 3 atom stereocenters. The van der Waals surface area contributed by atoms with Crippen molar-refractivity contribution >= 4 is 23.4 Å². The SMILES string of the molecule is CC1CCCCN1c1nnc2ccc(O[C@@H]3CC[C@H](NC(=O)Nc4cc(C(C)(C)C)nn4CCN4CCCCC4)c4ccccc43)cn12. The number of anilines is 2. The number of rotatable bonds is 8. The molecule has 2 N–H and O–H groups in total. The van der Waals surface area contributed by atoms with Crippen molar-refractivity contribution in [1.29, 1.82) is 0 Å². The van der Waals surface area contributed by atoms with Crippen molar-refractivity contribution in [2.24, 2.45) is 0 Å². The number of nitrogens with one attached hydrogen (secondary N) is 2. The van der Waals surface area contributed by atoms with Gasteiger partial charge in [-0.2, -0.15) is 5.10 Å². The van der Waals surface area contributed by atoms with E-state index in [1.165, 1.54) is 32.1 Å². The van der Waals surface area contributed by atoms with E-state index in [4.69, 9.17) is 9.84 Å². The van der Waals surface area contributed by atoms with Crippen LogP contribution in [0.25, 0.3) is 5.65 Å². The number of likely N-dealkylation sites (tertiary alicyclic amines) is 1. The molecule has 2 fully saturated rings. The fourth-order valence-electron chi connectivity index (χ4n) is 7.49. The summed E-state index contributed by atoms with van der Waals surface area (Å²) < 4.78 is 10.7. The predicted molar refractivity (Wildman–Crippen MR) is 189 cm³/mol. The van der Waals surface area contributed by atoms with Gasteiger partial charge >= 0.3 is 6.03 Å². The molecule has 256 valence electrons. The third-order valence-electron chi connectivity index (χ3n) is 10.3. The third kappa shape index (κ3) is 7.02. The first-order valence-corrected chi connectivity index (χ1v) is 18.0. The Bertz CT molecular complexity index is 1720. The molecule has 3 aromatic heterocycles. The molecule has 11 nitrogen and oxygen atoms in total. The molecule has 1 aromatic carbocycles. The second-order valence-corrected chi connectivity index (χ2v) is 14.9. The van der Waals surface area contributed by atoms with E-state index < -0.39 is 0 Å². The average molecular weight is 654 g/mol. The molecule has 0 saturated carbocycles. The normalized spacial score (nSPS) is 22.0. The van der Waals surface area contributed by atoms with Crippen molar-refractivity contribution in [3.05, 3.63) is 65.5 Å². The predicted octanol–water partition coefficient (Wildman–Crippen LogP) is 6.86. The molecule has 4 aromatic rings. The van der Waals surface area contributed by atoms with E-state index >= 15 is 0 Å². The van der Waals surface area contributed by atoms with E-state index in [0.29, 0.717) is 6.04 Å². The molecule has 0 spiro atoms. The van der Waals surface area contributed by atoms with Crippen LogP contribution in [-0.4, -0.2) is 67.5 Å². The molecule has 1 unspecified atom stereocenters. The number of benzene rings is 1. The topological polar surface area (TPSA) is 105 Å². The lowest BCUT2D eigenvalue weighted by Gasteiger charge is -2.33. The number of piperidine rings is 2. The van der Waals surface area contributed by atoms with Crippen molar-refractivity contribution in [2.45, 2.75) is 109 Å². The average Bonchev–Trinajstić information content (AvgIpc) is 3.69. The molecule has 0 radical (unpaired) electrons. The fraction of sp³-hybridized carbons (Fsp3) is 0.568. The molecule has 1 aliphatic carbocycles. The van der Waals surface area contributed by atoms with Crippen molar-refractivity contribution in [3.8, 4) is 5.75 Å². The lowest BCUT2D eigenvalue weighted by Crippen LogP contribution is -2.38. The van der Waals surface area contributed by atoms with Gasteiger partial charge < -0.3 is 19.9 Å². The maximum atomic E-state index is 13.5. The summed E-state index contributed by atoms with van der Waals surface area (Å²) in [6.07, 6.45) is 10.8. The summed E-state index contributed by atoms with van der Waals surface area (Å²) >= 11 is 0. The zero-order valence-corrected chi connectivity index (χ0v) is 29.0. The molecule has 3 aliphatic rings. The van der Waals surface area contributed by atoms with Gasteiger partial charge in [0.05, 0.1) is 24.5 Å². The second-order valence-electron chi connectivity index (χ2n) is 14.9. The highest BCUT2D eigenvalue weighted by molar-refractivity contribution is 5.88. The van der Waals surface area contributed by atoms with Gasteiger partial charge in [-0.15, -0.1) is 10.2 Å². The van der Waals surface area contributed by atoms with E-state index in [0.717, 1.165) is 92.0 Å². The van der Waals surface area contributed by atoms with Crippen LogP contribution in [-0.2, 0) is 12.0 Å². The van der Waals surface area contributed by atoms with Crippen LogP contribution in [0.3, 0.4) is 0 Å². The zero-order chi connectivity index (χ0) is 33.3. The smallest absolute Gasteiger partial charge is 0.320 e. The number of urea groups is 1. The van der Waals surface area contributed by atoms with Gasteiger partial charge in [-0.05, 0) is 88.2 Å². The summed E-state index contributed by atoms with van der Waals surface area (Å²) in [5.74, 6) is 2.40. The Kier molecular flexibility index (Phi) is 9.31. The van der Waals surface area contributed by atoms with E-state index in [9.17, 15) is 4.79 Å². The zero-order valence-electron chi connectivity index (χ0n) is 29.0. The van der Waals surface area contributed by atoms with Gasteiger partial charge in [-0.1, -0.05) is 51.5 Å². The molecule has 7 rings (SSSR count). The quantitative estimate of drug-likeness (QED) is 0.214. The van der Waals surface area contributed by atoms with Crippen LogP contribution < -0.4 is 20.3 Å². The van der Waals surface area contributed by atoms with Gasteiger partial charge in [0.25, 0.3) is 0 Å². The van der Waals surface area contributed by atoms with Gasteiger partial charge in [0.1, 0.15) is 17.7 Å². The Hall–Kier alpha value is -4.12. The van der Waals surface area contributed by atoms with Crippen LogP contribution in [0.4, 0.5) is 16.6 Å². The van der Waals surface area contributed by atoms with Crippen molar-refractivity contribution in [2.75, 3.05) is 36.4 Å². The molecular weight excluding hydrogens is 602 g/mol. The highest BCUT2D eigenvalue weighted by Crippen LogP contribution is 2.39. The van der Waals surface area contributed by atoms with Crippen LogP contribution >= 0.6 is 0 Å². The van der Waals surface area contributed by atoms with Crippen LogP contribution in [0.15, 0.2) is 48.7 Å². The minimum atomic E-state index is -0.216. The minimum Gasteiger partial charge on any atom is -0.484 e. The number of hydrogen-bond acceptors (Lipinski definition) is 7. The number of carbonyl (C=O) groups is 1. The highest BCUT2D eigenvalue weighted by Gasteiger charge is 2.30. The van der Waals surface area contributed by atoms with Crippen LogP contribution in [0.1, 0.15) is 108 Å². The Morgan fingerprint density at radius 3 is 2.50 bits per heavy atom. The third-order valence-corrected chi connectivity index (χ3v) is 10.3. The lowest BCUT2D eigenvalue weighted by molar-refractivity contribution is 0.171. The summed E-state index contributed by atoms with van der Waals surface area (Å²) in [6.45, 7) is 13.7. The summed E-state index contributed by atoms with van der Waals surface area (Å²) in [6, 6.07) is 14.4. The van der Waals surface area contributed by atoms with E-state index in [2.05, 4.69) is 74.9 Å². The Morgan fingerprint density at radius 1 is 0.917 bits per heavy atom. The first kappa shape index (κ1) is 32.4. The van der Waals surface area contributed by atoms with Gasteiger partial charge in [0.2, 0.25) is 5.95 Å². The van der Waals surface area contributed by atoms with E-state index in [1.54, 1.807) is 0 Å². The Labute approximate surface area is 284 Å². The number of carbonyl (C=O) groups excluding carboxylic acids is 1. The summed E-state index contributed by atoms with van der Waals surface area (Å²) in [4.78, 5) is 18.4. The first-order chi connectivity index (χ1) is 23.2. The van der Waals surface area contributed by atoms with Crippen molar-refractivity contribution in [3.63, 3.8) is 0 Å². The highest BCUT2D eigenvalue weighted by atomic mass is 16.5. The fourth-order valence-corrected chi connectivity index (χ4v) is 7.49. The lowest BCUT2D eigenvalue weighted by atomic mass is 9.85.